The van der Waals surface area contributed by atoms with Gasteiger partial charge in [0.15, 0.2) is 0 Å². The lowest BCUT2D eigenvalue weighted by Gasteiger charge is -2.37. The van der Waals surface area contributed by atoms with Crippen molar-refractivity contribution in [3.63, 3.8) is 0 Å². The van der Waals surface area contributed by atoms with Crippen LogP contribution in [0, 0.1) is 0 Å². The standard InChI is InChI=1S/C15H15F9O2/c1-3-26-10-6-4-9(5-7-10)11(2,25)8-12(16,17)13(18,19)14(20,21)15(22,23)24/h4-7,25H,3,8H2,1-2H3. The number of benzene rings is 1. The molecule has 0 bridgehead atoms. The van der Waals surface area contributed by atoms with Crippen LogP contribution in [0.1, 0.15) is 25.8 Å². The molecule has 0 heterocycles. The highest BCUT2D eigenvalue weighted by Crippen LogP contribution is 2.55. The zero-order valence-electron chi connectivity index (χ0n) is 13.5. The largest absolute Gasteiger partial charge is 0.494 e. The molecule has 2 nitrogen and oxygen atoms in total. The summed E-state index contributed by atoms with van der Waals surface area (Å²) in [5.41, 5.74) is -3.22. The van der Waals surface area contributed by atoms with Crippen LogP contribution in [0.15, 0.2) is 24.3 Å². The Morgan fingerprint density at radius 2 is 1.31 bits per heavy atom. The quantitative estimate of drug-likeness (QED) is 0.644. The monoisotopic (exact) mass is 398 g/mol. The van der Waals surface area contributed by atoms with E-state index in [1.54, 1.807) is 6.92 Å². The highest BCUT2D eigenvalue weighted by atomic mass is 19.4. The van der Waals surface area contributed by atoms with Gasteiger partial charge in [-0.3, -0.25) is 0 Å². The average molecular weight is 398 g/mol. The summed E-state index contributed by atoms with van der Waals surface area (Å²) in [7, 11) is 0. The summed E-state index contributed by atoms with van der Waals surface area (Å²) in [6, 6.07) is 4.38. The van der Waals surface area contributed by atoms with E-state index >= 15 is 0 Å². The molecule has 26 heavy (non-hydrogen) atoms. The number of halogens is 9. The van der Waals surface area contributed by atoms with Crippen molar-refractivity contribution in [1.82, 2.24) is 0 Å². The van der Waals surface area contributed by atoms with Gasteiger partial charge in [0.05, 0.1) is 18.6 Å². The van der Waals surface area contributed by atoms with Crippen molar-refractivity contribution in [1.29, 1.82) is 0 Å². The maximum atomic E-state index is 13.7. The number of ether oxygens (including phenoxy) is 1. The Bertz CT molecular complexity index is 607. The van der Waals surface area contributed by atoms with Crippen molar-refractivity contribution >= 4 is 0 Å². The summed E-state index contributed by atoms with van der Waals surface area (Å²) in [6.07, 6.45) is -9.27. The van der Waals surface area contributed by atoms with Gasteiger partial charge in [-0.1, -0.05) is 12.1 Å². The van der Waals surface area contributed by atoms with Crippen LogP contribution in [-0.4, -0.2) is 35.7 Å². The van der Waals surface area contributed by atoms with Crippen LogP contribution in [0.3, 0.4) is 0 Å². The van der Waals surface area contributed by atoms with Gasteiger partial charge in [-0.15, -0.1) is 0 Å². The van der Waals surface area contributed by atoms with Crippen molar-refractivity contribution in [3.8, 4) is 5.75 Å². The fourth-order valence-electron chi connectivity index (χ4n) is 2.13. The van der Waals surface area contributed by atoms with E-state index in [9.17, 15) is 44.6 Å². The predicted molar refractivity (Wildman–Crippen MR) is 72.7 cm³/mol. The highest BCUT2D eigenvalue weighted by Gasteiger charge is 2.81. The maximum absolute atomic E-state index is 13.7. The molecule has 0 aliphatic carbocycles. The van der Waals surface area contributed by atoms with Gasteiger partial charge in [0.1, 0.15) is 5.75 Å². The summed E-state index contributed by atoms with van der Waals surface area (Å²) in [6.45, 7) is 2.47. The Balaban J connectivity index is 3.16. The maximum Gasteiger partial charge on any atom is 0.460 e. The third-order valence-electron chi connectivity index (χ3n) is 3.56. The number of alkyl halides is 9. The molecule has 1 atom stereocenters. The highest BCUT2D eigenvalue weighted by molar-refractivity contribution is 5.31. The van der Waals surface area contributed by atoms with E-state index in [-0.39, 0.29) is 12.4 Å². The molecule has 1 aromatic carbocycles. The van der Waals surface area contributed by atoms with Gasteiger partial charge >= 0.3 is 23.9 Å². The van der Waals surface area contributed by atoms with Crippen LogP contribution in [0.2, 0.25) is 0 Å². The minimum absolute atomic E-state index is 0.243. The van der Waals surface area contributed by atoms with E-state index < -0.39 is 41.5 Å². The Labute approximate surface area is 142 Å². The second kappa shape index (κ2) is 6.82. The van der Waals surface area contributed by atoms with E-state index in [2.05, 4.69) is 0 Å². The fraction of sp³-hybridized carbons (Fsp3) is 0.600. The molecule has 0 saturated carbocycles. The van der Waals surface area contributed by atoms with Gasteiger partial charge in [0.2, 0.25) is 0 Å². The van der Waals surface area contributed by atoms with Gasteiger partial charge < -0.3 is 9.84 Å². The Morgan fingerprint density at radius 3 is 1.69 bits per heavy atom. The van der Waals surface area contributed by atoms with Gasteiger partial charge in [0.25, 0.3) is 0 Å². The molecule has 1 N–H and O–H groups in total. The van der Waals surface area contributed by atoms with Crippen LogP contribution in [-0.2, 0) is 5.60 Å². The third kappa shape index (κ3) is 4.02. The first-order chi connectivity index (χ1) is 11.5. The Morgan fingerprint density at radius 1 is 0.846 bits per heavy atom. The molecule has 0 aliphatic rings. The molecule has 1 unspecified atom stereocenters. The van der Waals surface area contributed by atoms with Crippen molar-refractivity contribution in [2.75, 3.05) is 6.61 Å². The van der Waals surface area contributed by atoms with Crippen LogP contribution < -0.4 is 4.74 Å². The molecule has 0 amide bonds. The van der Waals surface area contributed by atoms with Crippen molar-refractivity contribution < 1.29 is 49.4 Å². The molecule has 1 rings (SSSR count). The molecule has 0 saturated heterocycles. The van der Waals surface area contributed by atoms with Crippen molar-refractivity contribution in [3.05, 3.63) is 29.8 Å². The number of hydrogen-bond acceptors (Lipinski definition) is 2. The first-order valence-electron chi connectivity index (χ1n) is 7.15. The number of rotatable bonds is 7. The van der Waals surface area contributed by atoms with E-state index in [1.165, 1.54) is 12.1 Å². The topological polar surface area (TPSA) is 29.5 Å². The Hall–Kier alpha value is -1.65. The normalized spacial score (nSPS) is 16.3. The Kier molecular flexibility index (Phi) is 5.87. The van der Waals surface area contributed by atoms with Crippen LogP contribution >= 0.6 is 0 Å². The molecular weight excluding hydrogens is 383 g/mol. The lowest BCUT2D eigenvalue weighted by atomic mass is 9.86. The smallest absolute Gasteiger partial charge is 0.460 e. The van der Waals surface area contributed by atoms with Gasteiger partial charge in [0, 0.05) is 0 Å². The van der Waals surface area contributed by atoms with E-state index in [1.807, 2.05) is 0 Å². The first-order valence-corrected chi connectivity index (χ1v) is 7.15. The average Bonchev–Trinajstić information content (AvgIpc) is 2.45. The summed E-state index contributed by atoms with van der Waals surface area (Å²) in [4.78, 5) is 0. The summed E-state index contributed by atoms with van der Waals surface area (Å²) < 4.78 is 121. The number of aliphatic hydroxyl groups is 1. The molecule has 150 valence electrons. The minimum Gasteiger partial charge on any atom is -0.494 e. The lowest BCUT2D eigenvalue weighted by molar-refractivity contribution is -0.400. The van der Waals surface area contributed by atoms with Gasteiger partial charge in [-0.05, 0) is 31.5 Å². The zero-order chi connectivity index (χ0) is 20.6. The van der Waals surface area contributed by atoms with Crippen molar-refractivity contribution in [2.45, 2.75) is 49.8 Å². The van der Waals surface area contributed by atoms with E-state index in [4.69, 9.17) is 4.74 Å². The van der Waals surface area contributed by atoms with Gasteiger partial charge in [-0.25, -0.2) is 0 Å². The second-order valence-corrected chi connectivity index (χ2v) is 5.76. The molecule has 0 aromatic heterocycles. The SMILES string of the molecule is CCOc1ccc(C(C)(O)CC(F)(F)C(F)(F)C(F)(F)C(F)(F)F)cc1. The molecule has 0 fully saturated rings. The van der Waals surface area contributed by atoms with E-state index in [0.717, 1.165) is 12.1 Å². The summed E-state index contributed by atoms with van der Waals surface area (Å²) in [5.74, 6) is -19.4. The van der Waals surface area contributed by atoms with Crippen LogP contribution in [0.5, 0.6) is 5.75 Å². The fourth-order valence-corrected chi connectivity index (χ4v) is 2.13. The van der Waals surface area contributed by atoms with Crippen LogP contribution in [0.25, 0.3) is 0 Å². The second-order valence-electron chi connectivity index (χ2n) is 5.76. The molecule has 1 aromatic rings. The molecule has 0 spiro atoms. The number of hydrogen-bond donors (Lipinski definition) is 1. The summed E-state index contributed by atoms with van der Waals surface area (Å²) >= 11 is 0. The lowest BCUT2D eigenvalue weighted by Crippen LogP contribution is -2.62. The van der Waals surface area contributed by atoms with Crippen molar-refractivity contribution in [2.24, 2.45) is 0 Å². The van der Waals surface area contributed by atoms with Crippen LogP contribution in [0.4, 0.5) is 39.5 Å². The molecule has 11 heteroatoms. The third-order valence-corrected chi connectivity index (χ3v) is 3.56. The van der Waals surface area contributed by atoms with Gasteiger partial charge in [-0.2, -0.15) is 39.5 Å². The molecule has 0 radical (unpaired) electrons. The minimum atomic E-state index is -6.99. The van der Waals surface area contributed by atoms with E-state index in [0.29, 0.717) is 6.92 Å². The zero-order valence-corrected chi connectivity index (χ0v) is 13.5. The summed E-state index contributed by atoms with van der Waals surface area (Å²) in [5, 5.41) is 9.99. The molecule has 0 aliphatic heterocycles. The first kappa shape index (κ1) is 22.4. The predicted octanol–water partition coefficient (Wildman–Crippen LogP) is 5.15. The molecular formula is C15H15F9O2.